The number of hydrogen-bond donors (Lipinski definition) is 3. The van der Waals surface area contributed by atoms with Crippen molar-refractivity contribution in [1.29, 1.82) is 0 Å². The Labute approximate surface area is 169 Å². The summed E-state index contributed by atoms with van der Waals surface area (Å²) in [6.07, 6.45) is -4.63. The van der Waals surface area contributed by atoms with E-state index in [4.69, 9.17) is 0 Å². The Morgan fingerprint density at radius 3 is 2.40 bits per heavy atom. The Hall–Kier alpha value is -3.43. The molecule has 0 aromatic heterocycles. The molecule has 0 spiro atoms. The van der Waals surface area contributed by atoms with Crippen molar-refractivity contribution >= 4 is 29.0 Å². The highest BCUT2D eigenvalue weighted by Gasteiger charge is 2.34. The van der Waals surface area contributed by atoms with Crippen LogP contribution >= 0.6 is 0 Å². The second-order valence-electron chi connectivity index (χ2n) is 7.41. The summed E-state index contributed by atoms with van der Waals surface area (Å²) in [6.45, 7) is 3.73. The maximum atomic E-state index is 13.4. The zero-order chi connectivity index (χ0) is 22.1. The molecular formula is C20H18F4N4O2. The molecule has 6 nitrogen and oxygen atoms in total. The van der Waals surface area contributed by atoms with Crippen LogP contribution in [0.5, 0.6) is 0 Å². The number of nitrogens with zero attached hydrogens (tertiary/aromatic N) is 1. The van der Waals surface area contributed by atoms with Crippen molar-refractivity contribution in [3.05, 3.63) is 59.4 Å². The van der Waals surface area contributed by atoms with Crippen molar-refractivity contribution in [1.82, 2.24) is 5.43 Å². The van der Waals surface area contributed by atoms with E-state index in [0.717, 1.165) is 6.07 Å². The standard InChI is InChI=1S/C20H18F4N4O2/c1-19(2)10-16(29)27-28-17(19)11-4-3-5-12(8-11)25-18(30)26-13-6-7-15(21)14(9-13)20(22,23)24/h3-9H,10H2,1-2H3,(H,27,29)(H2,25,26,30). The first kappa shape index (κ1) is 21.3. The molecule has 1 aliphatic rings. The van der Waals surface area contributed by atoms with E-state index in [0.29, 0.717) is 29.1 Å². The van der Waals surface area contributed by atoms with Crippen LogP contribution in [0.25, 0.3) is 0 Å². The minimum Gasteiger partial charge on any atom is -0.308 e. The van der Waals surface area contributed by atoms with Crippen molar-refractivity contribution in [2.75, 3.05) is 10.6 Å². The second-order valence-corrected chi connectivity index (χ2v) is 7.41. The lowest BCUT2D eigenvalue weighted by Crippen LogP contribution is -2.39. The molecule has 30 heavy (non-hydrogen) atoms. The van der Waals surface area contributed by atoms with Gasteiger partial charge in [-0.1, -0.05) is 26.0 Å². The summed E-state index contributed by atoms with van der Waals surface area (Å²) in [5, 5.41) is 8.87. The molecule has 0 saturated heterocycles. The normalized spacial score (nSPS) is 15.8. The first-order chi connectivity index (χ1) is 14.0. The minimum atomic E-state index is -4.88. The van der Waals surface area contributed by atoms with Crippen LogP contribution in [-0.2, 0) is 11.0 Å². The molecule has 0 radical (unpaired) electrons. The molecule has 0 bridgehead atoms. The van der Waals surface area contributed by atoms with E-state index in [2.05, 4.69) is 21.2 Å². The smallest absolute Gasteiger partial charge is 0.308 e. The number of alkyl halides is 3. The van der Waals surface area contributed by atoms with Crippen LogP contribution in [0, 0.1) is 11.2 Å². The fraction of sp³-hybridized carbons (Fsp3) is 0.250. The average molecular weight is 422 g/mol. The Bertz CT molecular complexity index is 1030. The van der Waals surface area contributed by atoms with E-state index < -0.39 is 29.0 Å². The van der Waals surface area contributed by atoms with Gasteiger partial charge in [-0.2, -0.15) is 18.3 Å². The number of halogens is 4. The van der Waals surface area contributed by atoms with Crippen molar-refractivity contribution in [3.63, 3.8) is 0 Å². The molecule has 2 aromatic rings. The maximum Gasteiger partial charge on any atom is 0.419 e. The molecule has 0 fully saturated rings. The highest BCUT2D eigenvalue weighted by molar-refractivity contribution is 6.09. The van der Waals surface area contributed by atoms with Crippen molar-refractivity contribution < 1.29 is 27.2 Å². The monoisotopic (exact) mass is 422 g/mol. The third kappa shape index (κ3) is 4.76. The van der Waals surface area contributed by atoms with Gasteiger partial charge in [-0.05, 0) is 30.3 Å². The van der Waals surface area contributed by atoms with E-state index >= 15 is 0 Å². The first-order valence-corrected chi connectivity index (χ1v) is 8.88. The van der Waals surface area contributed by atoms with Crippen molar-refractivity contribution in [3.8, 4) is 0 Å². The van der Waals surface area contributed by atoms with Crippen LogP contribution in [0.1, 0.15) is 31.4 Å². The van der Waals surface area contributed by atoms with E-state index in [-0.39, 0.29) is 18.0 Å². The molecule has 3 rings (SSSR count). The van der Waals surface area contributed by atoms with Crippen LogP contribution in [-0.4, -0.2) is 17.6 Å². The molecular weight excluding hydrogens is 404 g/mol. The second kappa shape index (κ2) is 7.77. The lowest BCUT2D eigenvalue weighted by Gasteiger charge is -2.29. The van der Waals surface area contributed by atoms with Gasteiger partial charge in [0.1, 0.15) is 5.82 Å². The fourth-order valence-corrected chi connectivity index (χ4v) is 3.11. The molecule has 0 aliphatic carbocycles. The number of carbonyl (C=O) groups is 2. The SMILES string of the molecule is CC1(C)CC(=O)NN=C1c1cccc(NC(=O)Nc2ccc(F)c(C(F)(F)F)c2)c1. The maximum absolute atomic E-state index is 13.4. The number of rotatable bonds is 3. The van der Waals surface area contributed by atoms with Crippen molar-refractivity contribution in [2.45, 2.75) is 26.4 Å². The summed E-state index contributed by atoms with van der Waals surface area (Å²) >= 11 is 0. The number of hydrazone groups is 1. The lowest BCUT2D eigenvalue weighted by atomic mass is 9.79. The summed E-state index contributed by atoms with van der Waals surface area (Å²) in [5.41, 5.74) is 1.87. The summed E-state index contributed by atoms with van der Waals surface area (Å²) in [4.78, 5) is 23.8. The average Bonchev–Trinajstić information content (AvgIpc) is 2.61. The molecule has 1 aliphatic heterocycles. The molecule has 10 heteroatoms. The Balaban J connectivity index is 1.76. The third-order valence-corrected chi connectivity index (χ3v) is 4.46. The van der Waals surface area contributed by atoms with Crippen LogP contribution in [0.15, 0.2) is 47.6 Å². The van der Waals surface area contributed by atoms with Gasteiger partial charge in [-0.15, -0.1) is 0 Å². The number of anilines is 2. The molecule has 0 atom stereocenters. The zero-order valence-electron chi connectivity index (χ0n) is 16.0. The van der Waals surface area contributed by atoms with Crippen molar-refractivity contribution in [2.24, 2.45) is 10.5 Å². The molecule has 2 aromatic carbocycles. The topological polar surface area (TPSA) is 82.6 Å². The number of hydrogen-bond acceptors (Lipinski definition) is 3. The van der Waals surface area contributed by atoms with Gasteiger partial charge in [0, 0.05) is 28.8 Å². The lowest BCUT2D eigenvalue weighted by molar-refractivity contribution is -0.140. The van der Waals surface area contributed by atoms with Gasteiger partial charge in [0.15, 0.2) is 0 Å². The Kier molecular flexibility index (Phi) is 5.51. The number of benzene rings is 2. The minimum absolute atomic E-state index is 0.199. The highest BCUT2D eigenvalue weighted by atomic mass is 19.4. The summed E-state index contributed by atoms with van der Waals surface area (Å²) in [7, 11) is 0. The van der Waals surface area contributed by atoms with Gasteiger partial charge in [0.05, 0.1) is 11.3 Å². The molecule has 158 valence electrons. The predicted octanol–water partition coefficient (Wildman–Crippen LogP) is 4.74. The third-order valence-electron chi connectivity index (χ3n) is 4.46. The Morgan fingerprint density at radius 2 is 1.77 bits per heavy atom. The van der Waals surface area contributed by atoms with Crippen LogP contribution < -0.4 is 16.1 Å². The van der Waals surface area contributed by atoms with Gasteiger partial charge in [-0.25, -0.2) is 14.6 Å². The summed E-state index contributed by atoms with van der Waals surface area (Å²) in [6, 6.07) is 8.03. The molecule has 0 saturated carbocycles. The zero-order valence-corrected chi connectivity index (χ0v) is 16.0. The number of amides is 3. The summed E-state index contributed by atoms with van der Waals surface area (Å²) < 4.78 is 51.8. The molecule has 0 unspecified atom stereocenters. The van der Waals surface area contributed by atoms with E-state index in [1.807, 2.05) is 13.8 Å². The fourth-order valence-electron chi connectivity index (χ4n) is 3.11. The van der Waals surface area contributed by atoms with Gasteiger partial charge in [0.2, 0.25) is 5.91 Å². The largest absolute Gasteiger partial charge is 0.419 e. The van der Waals surface area contributed by atoms with Gasteiger partial charge >= 0.3 is 12.2 Å². The number of carbonyl (C=O) groups excluding carboxylic acids is 2. The van der Waals surface area contributed by atoms with Crippen LogP contribution in [0.3, 0.4) is 0 Å². The van der Waals surface area contributed by atoms with E-state index in [1.165, 1.54) is 0 Å². The molecule has 1 heterocycles. The quantitative estimate of drug-likeness (QED) is 0.625. The highest BCUT2D eigenvalue weighted by Crippen LogP contribution is 2.33. The van der Waals surface area contributed by atoms with Crippen LogP contribution in [0.2, 0.25) is 0 Å². The van der Waals surface area contributed by atoms with Gasteiger partial charge in [0.25, 0.3) is 0 Å². The first-order valence-electron chi connectivity index (χ1n) is 8.88. The van der Waals surface area contributed by atoms with E-state index in [1.54, 1.807) is 24.3 Å². The Morgan fingerprint density at radius 1 is 1.10 bits per heavy atom. The number of nitrogens with one attached hydrogen (secondary N) is 3. The molecule has 3 N–H and O–H groups in total. The van der Waals surface area contributed by atoms with Crippen LogP contribution in [0.4, 0.5) is 33.7 Å². The predicted molar refractivity (Wildman–Crippen MR) is 104 cm³/mol. The van der Waals surface area contributed by atoms with Gasteiger partial charge < -0.3 is 10.6 Å². The molecule has 3 amide bonds. The van der Waals surface area contributed by atoms with Gasteiger partial charge in [-0.3, -0.25) is 4.79 Å². The number of urea groups is 1. The van der Waals surface area contributed by atoms with E-state index in [9.17, 15) is 27.2 Å². The summed E-state index contributed by atoms with van der Waals surface area (Å²) in [5.74, 6) is -1.63.